The fraction of sp³-hybridized carbons (Fsp3) is 0.800. The number of hydrogen-bond acceptors (Lipinski definition) is 29. The summed E-state index contributed by atoms with van der Waals surface area (Å²) in [7, 11) is -5.73. The van der Waals surface area contributed by atoms with Crippen LogP contribution in [0.25, 0.3) is 0 Å². The number of ketones is 1. The van der Waals surface area contributed by atoms with Gasteiger partial charge >= 0.3 is 13.9 Å². The van der Waals surface area contributed by atoms with E-state index in [0.29, 0.717) is 0 Å². The first kappa shape index (κ1) is 60.4. The number of aliphatic hydroxyl groups excluding tert-OH is 9. The molecule has 6 fully saturated rings. The molecule has 6 saturated heterocycles. The van der Waals surface area contributed by atoms with Crippen LogP contribution in [0.5, 0.6) is 0 Å². The normalized spacial score (nSPS) is 44.6. The average molecular weight is 1140 g/mol. The van der Waals surface area contributed by atoms with E-state index in [1.54, 1.807) is 0 Å². The maximum Gasteiger partial charge on any atom is 0.472 e. The van der Waals surface area contributed by atoms with Gasteiger partial charge in [0.05, 0.1) is 13.2 Å². The van der Waals surface area contributed by atoms with Gasteiger partial charge in [-0.05, 0) is 6.92 Å². The molecule has 0 radical (unpaired) electrons. The Balaban J connectivity index is 1.27. The Morgan fingerprint density at radius 1 is 0.714 bits per heavy atom. The number of fused-ring (bicyclic) bond motifs is 5. The Labute approximate surface area is 432 Å². The Hall–Kier alpha value is -4.29. The molecule has 5 amide bonds. The molecule has 4 bridgehead atoms. The molecule has 77 heavy (non-hydrogen) atoms. The number of ether oxygens (including phenoxy) is 11. The Bertz CT molecular complexity index is 2290. The van der Waals surface area contributed by atoms with Crippen LogP contribution >= 0.6 is 7.82 Å². The van der Waals surface area contributed by atoms with Gasteiger partial charge in [0, 0.05) is 26.7 Å². The van der Waals surface area contributed by atoms with Crippen LogP contribution in [0.3, 0.4) is 0 Å². The van der Waals surface area contributed by atoms with E-state index in [0.717, 1.165) is 20.8 Å². The van der Waals surface area contributed by atoms with Gasteiger partial charge in [0.25, 0.3) is 5.91 Å². The van der Waals surface area contributed by atoms with E-state index < -0.39 is 221 Å². The highest BCUT2D eigenvalue weighted by Crippen LogP contribution is 2.45. The highest BCUT2D eigenvalue weighted by Gasteiger charge is 2.63. The van der Waals surface area contributed by atoms with Crippen molar-refractivity contribution >= 4 is 43.3 Å². The topological polar surface area (TPSA) is 561 Å². The Kier molecular flexibility index (Phi) is 18.7. The molecule has 36 nitrogen and oxygen atoms in total. The molecule has 0 aromatic rings. The Morgan fingerprint density at radius 2 is 1.35 bits per heavy atom. The molecule has 0 aromatic carbocycles. The SMILES string of the molecule is CC(=O)NC1C(O)[C@@H]2O[C@@H]3OC(OC4C(O)[C@H](OCC2O[C@H]1OC1C(OC(N)=O)[C@](C)(O)C(C(N)=O)O[C@@H]1OP(=O)(O)O)OC(CO)[C@H]4O)[C@@H](O[C@@H]1OC(C(=O)NC2=C(O)CCC2=O)[C@H](O)C(O)C1O)C(O)C3NC(C)=O. The van der Waals surface area contributed by atoms with Gasteiger partial charge in [-0.1, -0.05) is 0 Å². The lowest BCUT2D eigenvalue weighted by molar-refractivity contribution is -0.415. The summed E-state index contributed by atoms with van der Waals surface area (Å²) < 4.78 is 80.8. The van der Waals surface area contributed by atoms with Crippen molar-refractivity contribution in [3.8, 4) is 0 Å². The van der Waals surface area contributed by atoms with Crippen LogP contribution in [0.4, 0.5) is 4.79 Å². The van der Waals surface area contributed by atoms with Crippen molar-refractivity contribution in [2.75, 3.05) is 13.2 Å². The molecular weight excluding hydrogens is 1080 g/mol. The highest BCUT2D eigenvalue weighted by atomic mass is 31.2. The lowest BCUT2D eigenvalue weighted by Crippen LogP contribution is -2.73. The average Bonchev–Trinajstić information content (AvgIpc) is 3.65. The largest absolute Gasteiger partial charge is 0.510 e. The summed E-state index contributed by atoms with van der Waals surface area (Å²) >= 11 is 0. The van der Waals surface area contributed by atoms with Gasteiger partial charge in [-0.2, -0.15) is 0 Å². The van der Waals surface area contributed by atoms with Crippen molar-refractivity contribution in [2.24, 2.45) is 11.5 Å². The molecule has 25 atom stereocenters. The fourth-order valence-corrected chi connectivity index (χ4v) is 10.1. The van der Waals surface area contributed by atoms with Gasteiger partial charge in [0.2, 0.25) is 17.7 Å². The van der Waals surface area contributed by atoms with Crippen molar-refractivity contribution in [3.05, 3.63) is 11.5 Å². The number of nitrogens with two attached hydrogens (primary N) is 2. The number of allylic oxidation sites excluding steroid dienone is 2. The number of phosphoric ester groups is 1. The predicted octanol–water partition coefficient (Wildman–Crippen LogP) is -10.3. The minimum absolute atomic E-state index is 0.143. The van der Waals surface area contributed by atoms with Gasteiger partial charge < -0.3 is 140 Å². The first-order valence-corrected chi connectivity index (χ1v) is 24.9. The van der Waals surface area contributed by atoms with E-state index in [1.807, 2.05) is 0 Å². The van der Waals surface area contributed by atoms with Gasteiger partial charge in [-0.15, -0.1) is 0 Å². The number of carbonyl (C=O) groups excluding carboxylic acids is 6. The molecule has 0 saturated carbocycles. The minimum atomic E-state index is -5.73. The maximum atomic E-state index is 13.4. The number of hydrogen-bond donors (Lipinski definition) is 17. The fourth-order valence-electron chi connectivity index (χ4n) is 9.62. The zero-order valence-corrected chi connectivity index (χ0v) is 41.3. The summed E-state index contributed by atoms with van der Waals surface area (Å²) in [4.78, 5) is 95.8. The molecule has 19 N–H and O–H groups in total. The zero-order chi connectivity index (χ0) is 56.9. The van der Waals surface area contributed by atoms with E-state index in [4.69, 9.17) is 68.1 Å². The van der Waals surface area contributed by atoms with Crippen LogP contribution in [-0.4, -0.2) is 263 Å². The van der Waals surface area contributed by atoms with E-state index in [1.165, 1.54) is 0 Å². The maximum absolute atomic E-state index is 13.4. The highest BCUT2D eigenvalue weighted by molar-refractivity contribution is 7.46. The van der Waals surface area contributed by atoms with Crippen LogP contribution < -0.4 is 27.4 Å². The second-order valence-electron chi connectivity index (χ2n) is 18.9. The summed E-state index contributed by atoms with van der Waals surface area (Å²) in [6, 6.07) is -3.94. The van der Waals surface area contributed by atoms with Crippen LogP contribution in [0.2, 0.25) is 0 Å². The minimum Gasteiger partial charge on any atom is -0.510 e. The summed E-state index contributed by atoms with van der Waals surface area (Å²) in [5, 5.41) is 119. The van der Waals surface area contributed by atoms with Gasteiger partial charge in [0.15, 0.2) is 67.9 Å². The molecule has 15 unspecified atom stereocenters. The van der Waals surface area contributed by atoms with E-state index in [-0.39, 0.29) is 12.8 Å². The van der Waals surface area contributed by atoms with E-state index >= 15 is 0 Å². The Morgan fingerprint density at radius 3 is 1.94 bits per heavy atom. The third-order valence-corrected chi connectivity index (χ3v) is 13.8. The third-order valence-electron chi connectivity index (χ3n) is 13.3. The summed E-state index contributed by atoms with van der Waals surface area (Å²) in [5.41, 5.74) is 7.31. The number of phosphoric acid groups is 1. The van der Waals surface area contributed by atoms with Crippen LogP contribution in [0.1, 0.15) is 33.6 Å². The van der Waals surface area contributed by atoms with Gasteiger partial charge in [-0.25, -0.2) is 9.36 Å². The second kappa shape index (κ2) is 23.8. The van der Waals surface area contributed by atoms with Crippen molar-refractivity contribution in [1.29, 1.82) is 0 Å². The van der Waals surface area contributed by atoms with Crippen LogP contribution in [-0.2, 0) is 85.2 Å². The van der Waals surface area contributed by atoms with Crippen molar-refractivity contribution < 1.29 is 151 Å². The lowest BCUT2D eigenvalue weighted by Gasteiger charge is -2.53. The van der Waals surface area contributed by atoms with E-state index in [2.05, 4.69) is 16.0 Å². The number of nitrogens with one attached hydrogen (secondary N) is 3. The number of rotatable bonds is 13. The number of Topliss-reactive ketones (excluding diaryl/α,β-unsaturated/α-hetero) is 1. The van der Waals surface area contributed by atoms with Crippen molar-refractivity contribution in [2.45, 2.75) is 187 Å². The molecular formula is C40H60N5O31P. The third kappa shape index (κ3) is 12.8. The van der Waals surface area contributed by atoms with Crippen LogP contribution in [0, 0.1) is 0 Å². The molecule has 0 aromatic heterocycles. The molecule has 436 valence electrons. The van der Waals surface area contributed by atoms with E-state index in [9.17, 15) is 94.2 Å². The molecule has 7 rings (SSSR count). The number of aliphatic hydroxyl groups is 10. The molecule has 0 spiro atoms. The molecule has 7 aliphatic rings. The predicted molar refractivity (Wildman–Crippen MR) is 233 cm³/mol. The smallest absolute Gasteiger partial charge is 0.472 e. The molecule has 6 aliphatic heterocycles. The molecule has 6 heterocycles. The first-order chi connectivity index (χ1) is 35.9. The summed E-state index contributed by atoms with van der Waals surface area (Å²) in [5.74, 6) is -5.97. The second-order valence-corrected chi connectivity index (χ2v) is 20.1. The van der Waals surface area contributed by atoms with Crippen molar-refractivity contribution in [1.82, 2.24) is 16.0 Å². The summed E-state index contributed by atoms with van der Waals surface area (Å²) in [6.07, 6.45) is -50.3. The molecule has 1 aliphatic carbocycles. The van der Waals surface area contributed by atoms with Crippen molar-refractivity contribution in [3.63, 3.8) is 0 Å². The first-order valence-electron chi connectivity index (χ1n) is 23.3. The van der Waals surface area contributed by atoms with Crippen LogP contribution in [0.15, 0.2) is 11.5 Å². The number of carbonyl (C=O) groups is 6. The van der Waals surface area contributed by atoms with Gasteiger partial charge in [0.1, 0.15) is 102 Å². The zero-order valence-electron chi connectivity index (χ0n) is 40.4. The monoisotopic (exact) mass is 1140 g/mol. The lowest BCUT2D eigenvalue weighted by atomic mass is 9.85. The summed E-state index contributed by atoms with van der Waals surface area (Å²) in [6.45, 7) is 0.705. The number of amides is 5. The number of primary amides is 2. The molecule has 37 heteroatoms. The standard InChI is InChI=1S/C40H60N5O31P/c1-8(47)43-15-18(52)24-13(67-33(15)72-28-29(74-39(42)60)40(3,61)30(31(41)58)73-38(28)76-77(62,63)64)7-65-35-23(57)25(17(51)12(6-46)66-35)69-37-27(19(53)16(44-9(2)48)34(68-24)75-37)71-36-22(56)20(54)21(55)26(70-36)32(59)45-14-10(49)4-5-11(14)50/h12-13,15-30,33-38,46,49,51-57,61H,4-7H2,1-3H3,(H2,41,58)(H2,42,60)(H,43,47)(H,44,48)(H,45,59)(H2,62,63,64)/t12?,13?,15?,16?,17-,18?,19?,20?,21-,22?,23?,24-,25?,26?,27+,28?,29?,30?,33+,34-,35-,36+,37?,38-,40+/m1/s1. The van der Waals surface area contributed by atoms with Gasteiger partial charge in [-0.3, -0.25) is 28.5 Å². The quantitative estimate of drug-likeness (QED) is 0.0762.